The zero-order valence-electron chi connectivity index (χ0n) is 20.8. The van der Waals surface area contributed by atoms with Crippen molar-refractivity contribution in [2.24, 2.45) is 10.2 Å². The van der Waals surface area contributed by atoms with Gasteiger partial charge in [0.25, 0.3) is 15.9 Å². The first-order valence-corrected chi connectivity index (χ1v) is 13.0. The number of rotatable bonds is 7. The van der Waals surface area contributed by atoms with Gasteiger partial charge in [-0.1, -0.05) is 6.07 Å². The van der Waals surface area contributed by atoms with E-state index in [0.29, 0.717) is 12.1 Å². The quantitative estimate of drug-likeness (QED) is 0.149. The number of sulfonamides is 1. The second kappa shape index (κ2) is 11.5. The van der Waals surface area contributed by atoms with Crippen molar-refractivity contribution in [3.8, 4) is 5.75 Å². The van der Waals surface area contributed by atoms with Crippen LogP contribution in [0, 0.1) is 0 Å². The van der Waals surface area contributed by atoms with Gasteiger partial charge in [0, 0.05) is 11.9 Å². The minimum Gasteiger partial charge on any atom is -0.507 e. The van der Waals surface area contributed by atoms with Crippen molar-refractivity contribution >= 4 is 38.8 Å². The number of aromatic hydroxyl groups is 1. The lowest BCUT2D eigenvalue weighted by atomic mass is 10.1. The summed E-state index contributed by atoms with van der Waals surface area (Å²) in [5, 5.41) is 19.8. The first-order valence-electron chi connectivity index (χ1n) is 11.5. The summed E-state index contributed by atoms with van der Waals surface area (Å²) in [6.07, 6.45) is -8.84. The Morgan fingerprint density at radius 2 is 1.38 bits per heavy atom. The molecular formula is C26H17F6N5O4S. The summed E-state index contributed by atoms with van der Waals surface area (Å²) in [7, 11) is -3.95. The summed E-state index contributed by atoms with van der Waals surface area (Å²) in [4.78, 5) is 16.5. The molecule has 0 saturated carbocycles. The molecule has 0 fully saturated rings. The van der Waals surface area contributed by atoms with E-state index in [1.165, 1.54) is 42.6 Å². The van der Waals surface area contributed by atoms with Crippen molar-refractivity contribution in [3.63, 3.8) is 0 Å². The fourth-order valence-corrected chi connectivity index (χ4v) is 4.43. The van der Waals surface area contributed by atoms with Gasteiger partial charge in [-0.3, -0.25) is 9.52 Å². The van der Waals surface area contributed by atoms with Gasteiger partial charge in [0.1, 0.15) is 11.6 Å². The molecule has 4 aromatic rings. The van der Waals surface area contributed by atoms with Crippen molar-refractivity contribution < 1.29 is 44.7 Å². The minimum absolute atomic E-state index is 0.0218. The summed E-state index contributed by atoms with van der Waals surface area (Å²) < 4.78 is 106. The summed E-state index contributed by atoms with van der Waals surface area (Å²) >= 11 is 0. The highest BCUT2D eigenvalue weighted by molar-refractivity contribution is 7.92. The maximum absolute atomic E-state index is 13.1. The number of phenols is 1. The monoisotopic (exact) mass is 609 g/mol. The number of carbonyl (C=O) groups is 1. The topological polar surface area (TPSA) is 133 Å². The van der Waals surface area contributed by atoms with Crippen molar-refractivity contribution in [2.45, 2.75) is 17.2 Å². The minimum atomic E-state index is -5.12. The summed E-state index contributed by atoms with van der Waals surface area (Å²) in [5.74, 6) is -1.74. The van der Waals surface area contributed by atoms with Gasteiger partial charge in [-0.2, -0.15) is 36.6 Å². The molecule has 218 valence electrons. The number of hydrogen-bond acceptors (Lipinski definition) is 7. The number of amides is 1. The number of azo groups is 1. The van der Waals surface area contributed by atoms with E-state index in [-0.39, 0.29) is 28.2 Å². The van der Waals surface area contributed by atoms with Crippen LogP contribution < -0.4 is 10.0 Å². The number of hydrogen-bond donors (Lipinski definition) is 3. The molecule has 1 amide bonds. The van der Waals surface area contributed by atoms with Crippen LogP contribution in [0.3, 0.4) is 0 Å². The molecule has 3 aromatic carbocycles. The smallest absolute Gasteiger partial charge is 0.416 e. The number of alkyl halides is 6. The van der Waals surface area contributed by atoms with Crippen molar-refractivity contribution in [2.75, 3.05) is 10.0 Å². The largest absolute Gasteiger partial charge is 0.507 e. The van der Waals surface area contributed by atoms with Gasteiger partial charge in [0.2, 0.25) is 0 Å². The number of halogens is 6. The molecule has 0 aliphatic carbocycles. The number of benzene rings is 3. The molecule has 0 radical (unpaired) electrons. The molecule has 1 aromatic heterocycles. The average Bonchev–Trinajstić information content (AvgIpc) is 2.92. The van der Waals surface area contributed by atoms with Crippen molar-refractivity contribution in [1.29, 1.82) is 0 Å². The third-order valence-corrected chi connectivity index (χ3v) is 6.77. The van der Waals surface area contributed by atoms with E-state index in [1.54, 1.807) is 12.1 Å². The Hall–Kier alpha value is -4.99. The zero-order valence-corrected chi connectivity index (χ0v) is 21.6. The Bertz CT molecular complexity index is 1710. The number of anilines is 2. The van der Waals surface area contributed by atoms with Crippen LogP contribution >= 0.6 is 0 Å². The lowest BCUT2D eigenvalue weighted by Gasteiger charge is -2.15. The third kappa shape index (κ3) is 7.39. The Kier molecular flexibility index (Phi) is 8.19. The van der Waals surface area contributed by atoms with Gasteiger partial charge < -0.3 is 10.4 Å². The molecule has 0 saturated heterocycles. The van der Waals surface area contributed by atoms with E-state index in [9.17, 15) is 44.7 Å². The van der Waals surface area contributed by atoms with E-state index in [1.807, 2.05) is 5.32 Å². The molecule has 42 heavy (non-hydrogen) atoms. The highest BCUT2D eigenvalue weighted by Gasteiger charge is 2.37. The summed E-state index contributed by atoms with van der Waals surface area (Å²) in [6, 6.07) is 13.7. The van der Waals surface area contributed by atoms with Crippen LogP contribution in [0.5, 0.6) is 5.75 Å². The molecule has 0 aliphatic heterocycles. The highest BCUT2D eigenvalue weighted by atomic mass is 32.2. The van der Waals surface area contributed by atoms with E-state index in [2.05, 4.69) is 19.9 Å². The predicted octanol–water partition coefficient (Wildman–Crippen LogP) is 7.29. The van der Waals surface area contributed by atoms with E-state index >= 15 is 0 Å². The van der Waals surface area contributed by atoms with Gasteiger partial charge in [-0.25, -0.2) is 13.4 Å². The van der Waals surface area contributed by atoms with Gasteiger partial charge in [-0.05, 0) is 72.8 Å². The summed E-state index contributed by atoms with van der Waals surface area (Å²) in [5.41, 5.74) is -4.42. The molecule has 0 aliphatic rings. The maximum atomic E-state index is 13.1. The maximum Gasteiger partial charge on any atom is 0.416 e. The van der Waals surface area contributed by atoms with Crippen LogP contribution in [0.1, 0.15) is 21.5 Å². The van der Waals surface area contributed by atoms with Gasteiger partial charge in [0.15, 0.2) is 0 Å². The number of aromatic nitrogens is 1. The third-order valence-electron chi connectivity index (χ3n) is 5.40. The van der Waals surface area contributed by atoms with Crippen LogP contribution in [0.15, 0.2) is 100 Å². The van der Waals surface area contributed by atoms with Gasteiger partial charge in [-0.15, -0.1) is 0 Å². The Morgan fingerprint density at radius 3 is 1.95 bits per heavy atom. The number of phenolic OH excluding ortho intramolecular Hbond substituents is 1. The van der Waals surface area contributed by atoms with Gasteiger partial charge in [0.05, 0.1) is 33.0 Å². The number of pyridine rings is 1. The lowest BCUT2D eigenvalue weighted by Crippen LogP contribution is -2.16. The normalized spacial score (nSPS) is 12.3. The molecule has 0 atom stereocenters. The molecule has 16 heteroatoms. The van der Waals surface area contributed by atoms with Gasteiger partial charge >= 0.3 is 12.4 Å². The second-order valence-electron chi connectivity index (χ2n) is 8.46. The van der Waals surface area contributed by atoms with Crippen molar-refractivity contribution in [3.05, 3.63) is 102 Å². The molecular weight excluding hydrogens is 592 g/mol. The molecule has 1 heterocycles. The van der Waals surface area contributed by atoms with E-state index < -0.39 is 56.4 Å². The zero-order chi connectivity index (χ0) is 30.7. The molecule has 0 spiro atoms. The first kappa shape index (κ1) is 30.0. The number of carbonyl (C=O) groups excluding carboxylic acids is 1. The molecule has 9 nitrogen and oxygen atoms in total. The Balaban J connectivity index is 1.52. The van der Waals surface area contributed by atoms with Crippen LogP contribution in [0.25, 0.3) is 0 Å². The lowest BCUT2D eigenvalue weighted by molar-refractivity contribution is -0.143. The van der Waals surface area contributed by atoms with Crippen LogP contribution in [-0.2, 0) is 22.4 Å². The SMILES string of the molecule is O=C(Nc1cc(C(F)(F)F)cc(C(F)(F)F)c1)c1cc(N=Nc2ccc(S(=O)(=O)Nc3ccccn3)cc2)ccc1O. The Morgan fingerprint density at radius 1 is 0.786 bits per heavy atom. The fraction of sp³-hybridized carbons (Fsp3) is 0.0769. The Labute approximate surface area is 233 Å². The number of nitrogens with one attached hydrogen (secondary N) is 2. The van der Waals surface area contributed by atoms with Crippen LogP contribution in [0.4, 0.5) is 49.2 Å². The molecule has 0 bridgehead atoms. The van der Waals surface area contributed by atoms with Crippen LogP contribution in [0.2, 0.25) is 0 Å². The van der Waals surface area contributed by atoms with Crippen LogP contribution in [-0.4, -0.2) is 24.4 Å². The molecule has 0 unspecified atom stereocenters. The first-order chi connectivity index (χ1) is 19.6. The fourth-order valence-electron chi connectivity index (χ4n) is 3.42. The standard InChI is InChI=1S/C26H17F6N5O4S/c27-25(28,29)15-11-16(26(30,31)32)13-19(12-15)34-24(39)21-14-18(6-9-22(21)38)36-35-17-4-7-20(8-5-17)42(40,41)37-23-3-1-2-10-33-23/h1-14,38H,(H,33,37)(H,34,39). The average molecular weight is 610 g/mol. The van der Waals surface area contributed by atoms with E-state index in [0.717, 1.165) is 12.1 Å². The summed E-state index contributed by atoms with van der Waals surface area (Å²) in [6.45, 7) is 0. The molecule has 4 rings (SSSR count). The molecule has 3 N–H and O–H groups in total. The predicted molar refractivity (Wildman–Crippen MR) is 138 cm³/mol. The van der Waals surface area contributed by atoms with E-state index in [4.69, 9.17) is 0 Å². The number of nitrogens with zero attached hydrogens (tertiary/aromatic N) is 3. The second-order valence-corrected chi connectivity index (χ2v) is 10.1. The highest BCUT2D eigenvalue weighted by Crippen LogP contribution is 2.38. The van der Waals surface area contributed by atoms with Crippen molar-refractivity contribution in [1.82, 2.24) is 4.98 Å².